The van der Waals surface area contributed by atoms with Gasteiger partial charge in [-0.05, 0) is 37.0 Å². The SMILES string of the molecule is C=CCNC(=O)C(C1CCCC1)N1CCN(C(=O)c2ccc3c(c2)OCO3)CC1. The molecule has 0 aromatic heterocycles. The van der Waals surface area contributed by atoms with Crippen molar-refractivity contribution in [1.29, 1.82) is 0 Å². The summed E-state index contributed by atoms with van der Waals surface area (Å²) in [4.78, 5) is 29.9. The molecule has 7 heteroatoms. The Bertz CT molecular complexity index is 767. The second-order valence-electron chi connectivity index (χ2n) is 7.92. The van der Waals surface area contributed by atoms with Crippen LogP contribution in [0.25, 0.3) is 0 Å². The highest BCUT2D eigenvalue weighted by Crippen LogP contribution is 2.33. The highest BCUT2D eigenvalue weighted by molar-refractivity contribution is 5.95. The molecule has 1 atom stereocenters. The van der Waals surface area contributed by atoms with E-state index in [9.17, 15) is 9.59 Å². The fourth-order valence-corrected chi connectivity index (χ4v) is 4.64. The van der Waals surface area contributed by atoms with E-state index in [0.29, 0.717) is 55.7 Å². The number of rotatable bonds is 6. The molecule has 1 aromatic carbocycles. The molecule has 2 fully saturated rings. The summed E-state index contributed by atoms with van der Waals surface area (Å²) in [5, 5.41) is 2.99. The Hall–Kier alpha value is -2.54. The highest BCUT2D eigenvalue weighted by atomic mass is 16.7. The van der Waals surface area contributed by atoms with Gasteiger partial charge in [0.25, 0.3) is 5.91 Å². The lowest BCUT2D eigenvalue weighted by Gasteiger charge is -2.40. The molecule has 156 valence electrons. The van der Waals surface area contributed by atoms with Gasteiger partial charge in [-0.25, -0.2) is 0 Å². The Morgan fingerprint density at radius 2 is 1.86 bits per heavy atom. The van der Waals surface area contributed by atoms with Crippen molar-refractivity contribution in [1.82, 2.24) is 15.1 Å². The van der Waals surface area contributed by atoms with E-state index < -0.39 is 0 Å². The summed E-state index contributed by atoms with van der Waals surface area (Å²) in [5.41, 5.74) is 0.610. The van der Waals surface area contributed by atoms with Gasteiger partial charge in [0, 0.05) is 38.3 Å². The van der Waals surface area contributed by atoms with Crippen LogP contribution in [0.5, 0.6) is 11.5 Å². The number of benzene rings is 1. The molecule has 0 bridgehead atoms. The summed E-state index contributed by atoms with van der Waals surface area (Å²) in [5.74, 6) is 1.78. The van der Waals surface area contributed by atoms with E-state index >= 15 is 0 Å². The largest absolute Gasteiger partial charge is 0.454 e. The molecule has 2 aliphatic heterocycles. The van der Waals surface area contributed by atoms with Gasteiger partial charge in [-0.2, -0.15) is 0 Å². The number of carbonyl (C=O) groups is 2. The number of ether oxygens (including phenoxy) is 2. The van der Waals surface area contributed by atoms with Crippen molar-refractivity contribution < 1.29 is 19.1 Å². The minimum Gasteiger partial charge on any atom is -0.454 e. The number of piperazine rings is 1. The van der Waals surface area contributed by atoms with Gasteiger partial charge >= 0.3 is 0 Å². The minimum absolute atomic E-state index is 0.00326. The third-order valence-corrected chi connectivity index (χ3v) is 6.15. The molecule has 0 spiro atoms. The van der Waals surface area contributed by atoms with Crippen LogP contribution in [0, 0.1) is 5.92 Å². The first-order chi connectivity index (χ1) is 14.2. The number of hydrogen-bond acceptors (Lipinski definition) is 5. The number of fused-ring (bicyclic) bond motifs is 1. The first-order valence-electron chi connectivity index (χ1n) is 10.5. The van der Waals surface area contributed by atoms with E-state index in [2.05, 4.69) is 16.8 Å². The van der Waals surface area contributed by atoms with Gasteiger partial charge in [0.05, 0.1) is 6.04 Å². The van der Waals surface area contributed by atoms with Crippen molar-refractivity contribution in [2.45, 2.75) is 31.7 Å². The van der Waals surface area contributed by atoms with Crippen LogP contribution in [0.3, 0.4) is 0 Å². The summed E-state index contributed by atoms with van der Waals surface area (Å²) in [6, 6.07) is 5.21. The van der Waals surface area contributed by atoms with Crippen molar-refractivity contribution in [2.24, 2.45) is 5.92 Å². The molecule has 7 nitrogen and oxygen atoms in total. The minimum atomic E-state index is -0.111. The smallest absolute Gasteiger partial charge is 0.254 e. The zero-order valence-electron chi connectivity index (χ0n) is 16.8. The second kappa shape index (κ2) is 8.86. The maximum Gasteiger partial charge on any atom is 0.254 e. The maximum absolute atomic E-state index is 12.9. The van der Waals surface area contributed by atoms with Gasteiger partial charge in [0.1, 0.15) is 0 Å². The van der Waals surface area contributed by atoms with E-state index in [4.69, 9.17) is 9.47 Å². The van der Waals surface area contributed by atoms with Crippen LogP contribution >= 0.6 is 0 Å². The van der Waals surface area contributed by atoms with E-state index in [1.54, 1.807) is 24.3 Å². The van der Waals surface area contributed by atoms with Crippen molar-refractivity contribution in [3.63, 3.8) is 0 Å². The number of carbonyl (C=O) groups excluding carboxylic acids is 2. The third kappa shape index (κ3) is 4.24. The maximum atomic E-state index is 12.9. The molecule has 1 saturated heterocycles. The lowest BCUT2D eigenvalue weighted by molar-refractivity contribution is -0.129. The predicted molar refractivity (Wildman–Crippen MR) is 109 cm³/mol. The lowest BCUT2D eigenvalue weighted by atomic mass is 9.95. The zero-order chi connectivity index (χ0) is 20.2. The van der Waals surface area contributed by atoms with E-state index in [1.807, 2.05) is 4.90 Å². The van der Waals surface area contributed by atoms with Crippen molar-refractivity contribution >= 4 is 11.8 Å². The van der Waals surface area contributed by atoms with Crippen LogP contribution in [0.4, 0.5) is 0 Å². The Kier molecular flexibility index (Phi) is 6.04. The van der Waals surface area contributed by atoms with Crippen LogP contribution in [0.1, 0.15) is 36.0 Å². The van der Waals surface area contributed by atoms with E-state index in [1.165, 1.54) is 12.8 Å². The van der Waals surface area contributed by atoms with Gasteiger partial charge in [0.2, 0.25) is 12.7 Å². The van der Waals surface area contributed by atoms with Gasteiger partial charge in [-0.15, -0.1) is 6.58 Å². The van der Waals surface area contributed by atoms with Gasteiger partial charge in [-0.3, -0.25) is 14.5 Å². The monoisotopic (exact) mass is 399 g/mol. The summed E-state index contributed by atoms with van der Waals surface area (Å²) in [6.45, 7) is 7.03. The zero-order valence-corrected chi connectivity index (χ0v) is 16.8. The van der Waals surface area contributed by atoms with Crippen LogP contribution in [-0.4, -0.2) is 67.2 Å². The Morgan fingerprint density at radius 1 is 1.14 bits per heavy atom. The predicted octanol–water partition coefficient (Wildman–Crippen LogP) is 2.03. The Labute approximate surface area is 171 Å². The molecule has 1 aromatic rings. The average molecular weight is 399 g/mol. The molecule has 29 heavy (non-hydrogen) atoms. The number of hydrogen-bond donors (Lipinski definition) is 1. The van der Waals surface area contributed by atoms with Crippen molar-refractivity contribution in [3.05, 3.63) is 36.4 Å². The standard InChI is InChI=1S/C22H29N3O4/c1-2-9-23-21(26)20(16-5-3-4-6-16)24-10-12-25(13-11-24)22(27)17-7-8-18-19(14-17)29-15-28-18/h2,7-8,14,16,20H,1,3-6,9-13,15H2,(H,23,26). The molecule has 1 saturated carbocycles. The number of nitrogens with zero attached hydrogens (tertiary/aromatic N) is 2. The molecule has 4 rings (SSSR count). The van der Waals surface area contributed by atoms with E-state index in [0.717, 1.165) is 12.8 Å². The Balaban J connectivity index is 1.39. The first-order valence-corrected chi connectivity index (χ1v) is 10.5. The fourth-order valence-electron chi connectivity index (χ4n) is 4.64. The number of nitrogens with one attached hydrogen (secondary N) is 1. The quantitative estimate of drug-likeness (QED) is 0.742. The van der Waals surface area contributed by atoms with Gasteiger partial charge < -0.3 is 19.7 Å². The number of amides is 2. The second-order valence-corrected chi connectivity index (χ2v) is 7.92. The normalized spacial score (nSPS) is 20.5. The molecule has 0 radical (unpaired) electrons. The summed E-state index contributed by atoms with van der Waals surface area (Å²) in [7, 11) is 0. The molecule has 1 unspecified atom stereocenters. The van der Waals surface area contributed by atoms with E-state index in [-0.39, 0.29) is 24.6 Å². The van der Waals surface area contributed by atoms with Gasteiger partial charge in [-0.1, -0.05) is 18.9 Å². The summed E-state index contributed by atoms with van der Waals surface area (Å²) >= 11 is 0. The van der Waals surface area contributed by atoms with Crippen LogP contribution in [-0.2, 0) is 4.79 Å². The highest BCUT2D eigenvalue weighted by Gasteiger charge is 2.37. The van der Waals surface area contributed by atoms with Crippen LogP contribution < -0.4 is 14.8 Å². The molecule has 3 aliphatic rings. The fraction of sp³-hybridized carbons (Fsp3) is 0.545. The molecule has 1 N–H and O–H groups in total. The molecule has 2 amide bonds. The molecule has 2 heterocycles. The lowest BCUT2D eigenvalue weighted by Crippen LogP contribution is -2.58. The van der Waals surface area contributed by atoms with Crippen LogP contribution in [0.15, 0.2) is 30.9 Å². The molecule has 1 aliphatic carbocycles. The van der Waals surface area contributed by atoms with Crippen molar-refractivity contribution in [2.75, 3.05) is 39.5 Å². The first kappa shape index (κ1) is 19.8. The van der Waals surface area contributed by atoms with Gasteiger partial charge in [0.15, 0.2) is 11.5 Å². The Morgan fingerprint density at radius 3 is 2.59 bits per heavy atom. The van der Waals surface area contributed by atoms with Crippen molar-refractivity contribution in [3.8, 4) is 11.5 Å². The summed E-state index contributed by atoms with van der Waals surface area (Å²) < 4.78 is 10.7. The topological polar surface area (TPSA) is 71.1 Å². The third-order valence-electron chi connectivity index (χ3n) is 6.15. The molecular weight excluding hydrogens is 370 g/mol. The summed E-state index contributed by atoms with van der Waals surface area (Å²) in [6.07, 6.45) is 6.30. The van der Waals surface area contributed by atoms with Crippen LogP contribution in [0.2, 0.25) is 0 Å². The average Bonchev–Trinajstić information content (AvgIpc) is 3.44. The molecular formula is C22H29N3O4.